The van der Waals surface area contributed by atoms with Gasteiger partial charge in [-0.3, -0.25) is 5.32 Å². The SMILES string of the molecule is CCc1cc(C(F)F)c(OCc2c(Br)cccc2NC(=O)OC)cc1C. The van der Waals surface area contributed by atoms with Gasteiger partial charge in [0.25, 0.3) is 6.43 Å². The van der Waals surface area contributed by atoms with E-state index in [0.29, 0.717) is 22.1 Å². The molecule has 2 aromatic rings. The lowest BCUT2D eigenvalue weighted by atomic mass is 10.0. The topological polar surface area (TPSA) is 47.6 Å². The number of aryl methyl sites for hydroxylation is 2. The highest BCUT2D eigenvalue weighted by Crippen LogP contribution is 2.34. The van der Waals surface area contributed by atoms with Crippen molar-refractivity contribution in [2.45, 2.75) is 33.3 Å². The summed E-state index contributed by atoms with van der Waals surface area (Å²) in [7, 11) is 1.26. The lowest BCUT2D eigenvalue weighted by molar-refractivity contribution is 0.144. The van der Waals surface area contributed by atoms with Gasteiger partial charge in [-0.15, -0.1) is 0 Å². The Balaban J connectivity index is 2.32. The third-order valence-electron chi connectivity index (χ3n) is 4.00. The molecule has 0 aliphatic heterocycles. The van der Waals surface area contributed by atoms with Crippen LogP contribution in [-0.2, 0) is 17.8 Å². The Labute approximate surface area is 159 Å². The second kappa shape index (κ2) is 8.98. The molecule has 1 amide bonds. The van der Waals surface area contributed by atoms with Crippen molar-refractivity contribution in [3.63, 3.8) is 0 Å². The van der Waals surface area contributed by atoms with Crippen molar-refractivity contribution in [3.05, 3.63) is 57.1 Å². The van der Waals surface area contributed by atoms with E-state index in [4.69, 9.17) is 4.74 Å². The fraction of sp³-hybridized carbons (Fsp3) is 0.316. The quantitative estimate of drug-likeness (QED) is 0.613. The molecule has 26 heavy (non-hydrogen) atoms. The van der Waals surface area contributed by atoms with E-state index >= 15 is 0 Å². The molecule has 0 aliphatic carbocycles. The molecule has 4 nitrogen and oxygen atoms in total. The number of halogens is 3. The summed E-state index contributed by atoms with van der Waals surface area (Å²) in [4.78, 5) is 11.5. The zero-order valence-corrected chi connectivity index (χ0v) is 16.3. The number of alkyl halides is 2. The zero-order valence-electron chi connectivity index (χ0n) is 14.7. The summed E-state index contributed by atoms with van der Waals surface area (Å²) in [5.74, 6) is 0.134. The smallest absolute Gasteiger partial charge is 0.411 e. The average Bonchev–Trinajstić information content (AvgIpc) is 2.60. The molecule has 0 saturated carbocycles. The van der Waals surface area contributed by atoms with E-state index in [1.54, 1.807) is 24.3 Å². The number of rotatable bonds is 6. The summed E-state index contributed by atoms with van der Waals surface area (Å²) < 4.78 is 37.8. The predicted molar refractivity (Wildman–Crippen MR) is 100 cm³/mol. The standard InChI is InChI=1S/C19H20BrF2NO3/c1-4-12-9-13(18(21)22)17(8-11(12)2)26-10-14-15(20)6-5-7-16(14)23-19(24)25-3/h5-9,18H,4,10H2,1-3H3,(H,23,24). The molecular weight excluding hydrogens is 408 g/mol. The van der Waals surface area contributed by atoms with E-state index in [9.17, 15) is 13.6 Å². The van der Waals surface area contributed by atoms with Gasteiger partial charge in [-0.1, -0.05) is 28.9 Å². The Kier molecular flexibility index (Phi) is 6.97. The number of carbonyl (C=O) groups is 1. The first-order valence-corrected chi connectivity index (χ1v) is 8.83. The maximum atomic E-state index is 13.4. The van der Waals surface area contributed by atoms with E-state index in [2.05, 4.69) is 26.0 Å². The molecule has 0 unspecified atom stereocenters. The van der Waals surface area contributed by atoms with E-state index in [0.717, 1.165) is 11.1 Å². The van der Waals surface area contributed by atoms with Crippen LogP contribution in [0.15, 0.2) is 34.8 Å². The van der Waals surface area contributed by atoms with Crippen molar-refractivity contribution in [2.75, 3.05) is 12.4 Å². The molecule has 2 rings (SSSR count). The fourth-order valence-electron chi connectivity index (χ4n) is 2.56. The van der Waals surface area contributed by atoms with Gasteiger partial charge in [0.1, 0.15) is 12.4 Å². The number of benzene rings is 2. The summed E-state index contributed by atoms with van der Waals surface area (Å²) in [6.07, 6.45) is -2.59. The minimum atomic E-state index is -2.64. The van der Waals surface area contributed by atoms with E-state index in [1.807, 2.05) is 13.8 Å². The van der Waals surface area contributed by atoms with E-state index in [1.165, 1.54) is 13.2 Å². The summed E-state index contributed by atoms with van der Waals surface area (Å²) in [5, 5.41) is 2.58. The molecule has 0 aromatic heterocycles. The fourth-order valence-corrected chi connectivity index (χ4v) is 3.04. The monoisotopic (exact) mass is 427 g/mol. The van der Waals surface area contributed by atoms with Crippen molar-refractivity contribution in [1.82, 2.24) is 0 Å². The molecule has 1 N–H and O–H groups in total. The Morgan fingerprint density at radius 2 is 2.04 bits per heavy atom. The van der Waals surface area contributed by atoms with Crippen LogP contribution in [-0.4, -0.2) is 13.2 Å². The molecule has 0 saturated heterocycles. The Morgan fingerprint density at radius 3 is 2.65 bits per heavy atom. The maximum absolute atomic E-state index is 13.4. The van der Waals surface area contributed by atoms with Gasteiger partial charge in [0.2, 0.25) is 0 Å². The molecular formula is C19H20BrF2NO3. The first kappa shape index (κ1) is 20.2. The highest BCUT2D eigenvalue weighted by atomic mass is 79.9. The molecule has 140 valence electrons. The van der Waals surface area contributed by atoms with Crippen LogP contribution >= 0.6 is 15.9 Å². The Hall–Kier alpha value is -2.15. The van der Waals surface area contributed by atoms with Crippen LogP contribution < -0.4 is 10.1 Å². The first-order chi connectivity index (χ1) is 12.4. The van der Waals surface area contributed by atoms with Crippen LogP contribution in [0.1, 0.15) is 35.6 Å². The molecule has 2 aromatic carbocycles. The summed E-state index contributed by atoms with van der Waals surface area (Å²) in [5.41, 5.74) is 2.72. The van der Waals surface area contributed by atoms with Crippen molar-refractivity contribution >= 4 is 27.7 Å². The van der Waals surface area contributed by atoms with Gasteiger partial charge in [0, 0.05) is 10.0 Å². The van der Waals surface area contributed by atoms with Crippen LogP contribution in [0.25, 0.3) is 0 Å². The van der Waals surface area contributed by atoms with Gasteiger partial charge >= 0.3 is 6.09 Å². The van der Waals surface area contributed by atoms with Gasteiger partial charge < -0.3 is 9.47 Å². The van der Waals surface area contributed by atoms with Crippen LogP contribution in [0.3, 0.4) is 0 Å². The highest BCUT2D eigenvalue weighted by molar-refractivity contribution is 9.10. The zero-order chi connectivity index (χ0) is 19.3. The summed E-state index contributed by atoms with van der Waals surface area (Å²) in [6, 6.07) is 8.32. The van der Waals surface area contributed by atoms with Gasteiger partial charge in [0.05, 0.1) is 18.4 Å². The van der Waals surface area contributed by atoms with E-state index < -0.39 is 12.5 Å². The summed E-state index contributed by atoms with van der Waals surface area (Å²) in [6.45, 7) is 3.79. The number of carbonyl (C=O) groups excluding carboxylic acids is 1. The predicted octanol–water partition coefficient (Wildman–Crippen LogP) is 6.01. The largest absolute Gasteiger partial charge is 0.488 e. The number of anilines is 1. The van der Waals surface area contributed by atoms with Crippen LogP contribution in [0.4, 0.5) is 19.3 Å². The van der Waals surface area contributed by atoms with Crippen LogP contribution in [0, 0.1) is 6.92 Å². The minimum absolute atomic E-state index is 0.00534. The van der Waals surface area contributed by atoms with Crippen molar-refractivity contribution in [3.8, 4) is 5.75 Å². The first-order valence-electron chi connectivity index (χ1n) is 8.04. The number of nitrogens with one attached hydrogen (secondary N) is 1. The number of hydrogen-bond acceptors (Lipinski definition) is 3. The van der Waals surface area contributed by atoms with Gasteiger partial charge in [-0.05, 0) is 48.7 Å². The number of methoxy groups -OCH3 is 1. The minimum Gasteiger partial charge on any atom is -0.488 e. The lowest BCUT2D eigenvalue weighted by Crippen LogP contribution is -2.13. The van der Waals surface area contributed by atoms with E-state index in [-0.39, 0.29) is 17.9 Å². The van der Waals surface area contributed by atoms with Gasteiger partial charge in [-0.2, -0.15) is 0 Å². The molecule has 0 fully saturated rings. The van der Waals surface area contributed by atoms with Crippen LogP contribution in [0.2, 0.25) is 0 Å². The third-order valence-corrected chi connectivity index (χ3v) is 4.74. The Morgan fingerprint density at radius 1 is 1.31 bits per heavy atom. The Bertz CT molecular complexity index is 797. The molecule has 0 heterocycles. The highest BCUT2D eigenvalue weighted by Gasteiger charge is 2.18. The second-order valence-corrected chi connectivity index (χ2v) is 6.50. The number of ether oxygens (including phenoxy) is 2. The van der Waals surface area contributed by atoms with Crippen LogP contribution in [0.5, 0.6) is 5.75 Å². The molecule has 0 atom stereocenters. The molecule has 0 aliphatic rings. The maximum Gasteiger partial charge on any atom is 0.411 e. The van der Waals surface area contributed by atoms with Crippen molar-refractivity contribution in [2.24, 2.45) is 0 Å². The normalized spacial score (nSPS) is 10.7. The molecule has 7 heteroatoms. The molecule has 0 radical (unpaired) electrons. The number of hydrogen-bond donors (Lipinski definition) is 1. The average molecular weight is 428 g/mol. The van der Waals surface area contributed by atoms with Crippen molar-refractivity contribution in [1.29, 1.82) is 0 Å². The third kappa shape index (κ3) is 4.72. The number of amides is 1. The lowest BCUT2D eigenvalue weighted by Gasteiger charge is -2.17. The summed E-state index contributed by atoms with van der Waals surface area (Å²) >= 11 is 3.40. The molecule has 0 bridgehead atoms. The molecule has 0 spiro atoms. The second-order valence-electron chi connectivity index (χ2n) is 5.64. The van der Waals surface area contributed by atoms with Crippen molar-refractivity contribution < 1.29 is 23.0 Å². The van der Waals surface area contributed by atoms with Gasteiger partial charge in [-0.25, -0.2) is 13.6 Å². The van der Waals surface area contributed by atoms with Gasteiger partial charge in [0.15, 0.2) is 0 Å².